The molecule has 3 aromatic heterocycles. The summed E-state index contributed by atoms with van der Waals surface area (Å²) >= 11 is 6.38. The molecule has 0 aromatic carbocycles. The number of thioether (sulfide) groups is 1. The number of carbonyl (C=O) groups excluding carboxylic acids is 1. The molecule has 0 saturated carbocycles. The van der Waals surface area contributed by atoms with Gasteiger partial charge in [0, 0.05) is 26.7 Å². The number of thiophene rings is 2. The van der Waals surface area contributed by atoms with Gasteiger partial charge >= 0.3 is 0 Å². The minimum absolute atomic E-state index is 0.157. The minimum Gasteiger partial charge on any atom is -0.360 e. The highest BCUT2D eigenvalue weighted by Crippen LogP contribution is 2.28. The molecule has 0 saturated heterocycles. The zero-order valence-corrected chi connectivity index (χ0v) is 16.6. The van der Waals surface area contributed by atoms with E-state index in [-0.39, 0.29) is 5.78 Å². The van der Waals surface area contributed by atoms with Gasteiger partial charge in [0.2, 0.25) is 5.13 Å². The molecule has 3 rings (SSSR count). The number of nitrogens with zero attached hydrogens (tertiary/aromatic N) is 2. The van der Waals surface area contributed by atoms with Crippen molar-refractivity contribution < 1.29 is 4.79 Å². The van der Waals surface area contributed by atoms with Crippen molar-refractivity contribution in [3.05, 3.63) is 43.8 Å². The van der Waals surface area contributed by atoms with Crippen LogP contribution in [-0.4, -0.2) is 28.3 Å². The van der Waals surface area contributed by atoms with Crippen molar-refractivity contribution in [2.75, 3.05) is 17.6 Å². The lowest BCUT2D eigenvalue weighted by atomic mass is 10.2. The van der Waals surface area contributed by atoms with E-state index in [1.54, 1.807) is 22.7 Å². The predicted octanol–water partition coefficient (Wildman–Crippen LogP) is 4.91. The lowest BCUT2D eigenvalue weighted by Gasteiger charge is -1.99. The third-order valence-corrected chi connectivity index (χ3v) is 7.22. The van der Waals surface area contributed by atoms with Crippen LogP contribution in [0.5, 0.6) is 0 Å². The number of aryl methyl sites for hydroxylation is 2. The summed E-state index contributed by atoms with van der Waals surface area (Å²) in [5.41, 5.74) is 0.837. The van der Waals surface area contributed by atoms with Gasteiger partial charge in [-0.2, -0.15) is 0 Å². The molecule has 4 nitrogen and oxygen atoms in total. The molecule has 0 aliphatic carbocycles. The van der Waals surface area contributed by atoms with E-state index in [1.165, 1.54) is 32.9 Å². The Morgan fingerprint density at radius 1 is 1.29 bits per heavy atom. The maximum atomic E-state index is 12.3. The average Bonchev–Trinajstić information content (AvgIpc) is 3.27. The first-order valence-corrected chi connectivity index (χ1v) is 10.9. The Labute approximate surface area is 157 Å². The van der Waals surface area contributed by atoms with Gasteiger partial charge in [0.1, 0.15) is 0 Å². The molecule has 0 bridgehead atoms. The maximum Gasteiger partial charge on any atom is 0.206 e. The van der Waals surface area contributed by atoms with Crippen LogP contribution < -0.4 is 5.32 Å². The summed E-state index contributed by atoms with van der Waals surface area (Å²) in [5.74, 6) is 0.560. The molecule has 0 radical (unpaired) electrons. The molecule has 0 aliphatic rings. The van der Waals surface area contributed by atoms with Crippen LogP contribution in [0.15, 0.2) is 27.9 Å². The summed E-state index contributed by atoms with van der Waals surface area (Å²) in [6.45, 7) is 4.86. The zero-order chi connectivity index (χ0) is 16.9. The third kappa shape index (κ3) is 4.66. The van der Waals surface area contributed by atoms with E-state index in [0.29, 0.717) is 5.75 Å². The van der Waals surface area contributed by atoms with Gasteiger partial charge in [0.05, 0.1) is 5.75 Å². The zero-order valence-electron chi connectivity index (χ0n) is 13.4. The van der Waals surface area contributed by atoms with E-state index >= 15 is 0 Å². The van der Waals surface area contributed by atoms with Gasteiger partial charge < -0.3 is 5.32 Å². The minimum atomic E-state index is 0.157. The lowest BCUT2D eigenvalue weighted by Crippen LogP contribution is -2.03. The summed E-state index contributed by atoms with van der Waals surface area (Å²) in [7, 11) is 0. The van der Waals surface area contributed by atoms with Crippen LogP contribution in [0.2, 0.25) is 0 Å². The average molecular weight is 396 g/mol. The Morgan fingerprint density at radius 2 is 2.17 bits per heavy atom. The molecule has 0 atom stereocenters. The second-order valence-electron chi connectivity index (χ2n) is 5.17. The van der Waals surface area contributed by atoms with Gasteiger partial charge in [0.25, 0.3) is 0 Å². The van der Waals surface area contributed by atoms with Crippen LogP contribution in [0.4, 0.5) is 5.13 Å². The SMILES string of the molecule is Cc1cc(C(=O)CSc2nnc(NCCc3cccs3)s2)c(C)s1. The number of nitrogens with one attached hydrogen (secondary N) is 1. The second-order valence-corrected chi connectivity index (χ2v) is 9.86. The van der Waals surface area contributed by atoms with Gasteiger partial charge in [0.15, 0.2) is 10.1 Å². The van der Waals surface area contributed by atoms with Crippen molar-refractivity contribution in [1.29, 1.82) is 0 Å². The molecule has 126 valence electrons. The van der Waals surface area contributed by atoms with Crippen LogP contribution in [0, 0.1) is 13.8 Å². The van der Waals surface area contributed by atoms with E-state index in [9.17, 15) is 4.79 Å². The highest BCUT2D eigenvalue weighted by Gasteiger charge is 2.14. The Morgan fingerprint density at radius 3 is 2.88 bits per heavy atom. The quantitative estimate of drug-likeness (QED) is 0.434. The van der Waals surface area contributed by atoms with Gasteiger partial charge in [-0.1, -0.05) is 29.2 Å². The van der Waals surface area contributed by atoms with E-state index < -0.39 is 0 Å². The molecular formula is C16H17N3OS4. The monoisotopic (exact) mass is 395 g/mol. The number of ketones is 1. The van der Waals surface area contributed by atoms with Gasteiger partial charge in [-0.15, -0.1) is 32.9 Å². The Kier molecular flexibility index (Phi) is 6.04. The van der Waals surface area contributed by atoms with Crippen molar-refractivity contribution in [3.63, 3.8) is 0 Å². The molecule has 0 amide bonds. The number of carbonyl (C=O) groups is 1. The van der Waals surface area contributed by atoms with Crippen molar-refractivity contribution >= 4 is 56.7 Å². The molecule has 0 aliphatic heterocycles. The summed E-state index contributed by atoms with van der Waals surface area (Å²) in [5, 5.41) is 14.5. The molecular weight excluding hydrogens is 378 g/mol. The third-order valence-electron chi connectivity index (χ3n) is 3.30. The van der Waals surface area contributed by atoms with E-state index in [1.807, 2.05) is 19.9 Å². The van der Waals surface area contributed by atoms with Gasteiger partial charge in [-0.05, 0) is 37.8 Å². The number of hydrogen-bond acceptors (Lipinski definition) is 8. The molecule has 8 heteroatoms. The number of anilines is 1. The number of Topliss-reactive ketones (excluding diaryl/α,β-unsaturated/α-hetero) is 1. The van der Waals surface area contributed by atoms with Crippen molar-refractivity contribution in [3.8, 4) is 0 Å². The van der Waals surface area contributed by atoms with Gasteiger partial charge in [-0.3, -0.25) is 4.79 Å². The smallest absolute Gasteiger partial charge is 0.206 e. The van der Waals surface area contributed by atoms with E-state index in [4.69, 9.17) is 0 Å². The molecule has 0 unspecified atom stereocenters. The van der Waals surface area contributed by atoms with Crippen LogP contribution in [0.1, 0.15) is 25.0 Å². The molecule has 0 spiro atoms. The normalized spacial score (nSPS) is 10.9. The molecule has 0 fully saturated rings. The topological polar surface area (TPSA) is 54.9 Å². The lowest BCUT2D eigenvalue weighted by molar-refractivity contribution is 0.102. The summed E-state index contributed by atoms with van der Waals surface area (Å²) < 4.78 is 0.826. The highest BCUT2D eigenvalue weighted by atomic mass is 32.2. The Bertz CT molecular complexity index is 807. The van der Waals surface area contributed by atoms with Crippen LogP contribution in [0.25, 0.3) is 0 Å². The predicted molar refractivity (Wildman–Crippen MR) is 105 cm³/mol. The van der Waals surface area contributed by atoms with Gasteiger partial charge in [-0.25, -0.2) is 0 Å². The highest BCUT2D eigenvalue weighted by molar-refractivity contribution is 8.01. The molecule has 1 N–H and O–H groups in total. The molecule has 3 aromatic rings. The maximum absolute atomic E-state index is 12.3. The number of rotatable bonds is 8. The first-order valence-electron chi connectivity index (χ1n) is 7.44. The fourth-order valence-electron chi connectivity index (χ4n) is 2.20. The molecule has 24 heavy (non-hydrogen) atoms. The number of aromatic nitrogens is 2. The first kappa shape index (κ1) is 17.6. The van der Waals surface area contributed by atoms with Crippen molar-refractivity contribution in [2.24, 2.45) is 0 Å². The Balaban J connectivity index is 1.47. The summed E-state index contributed by atoms with van der Waals surface area (Å²) in [4.78, 5) is 15.9. The second kappa shape index (κ2) is 8.24. The van der Waals surface area contributed by atoms with E-state index in [2.05, 4.69) is 33.0 Å². The fourth-order valence-corrected chi connectivity index (χ4v) is 5.51. The largest absolute Gasteiger partial charge is 0.360 e. The molecule has 3 heterocycles. The number of hydrogen-bond donors (Lipinski definition) is 1. The first-order chi connectivity index (χ1) is 11.6. The van der Waals surface area contributed by atoms with E-state index in [0.717, 1.165) is 32.9 Å². The summed E-state index contributed by atoms with van der Waals surface area (Å²) in [6, 6.07) is 6.17. The van der Waals surface area contributed by atoms with Crippen LogP contribution >= 0.6 is 45.8 Å². The van der Waals surface area contributed by atoms with Crippen LogP contribution in [0.3, 0.4) is 0 Å². The van der Waals surface area contributed by atoms with Crippen molar-refractivity contribution in [2.45, 2.75) is 24.6 Å². The van der Waals surface area contributed by atoms with Crippen LogP contribution in [-0.2, 0) is 6.42 Å². The fraction of sp³-hybridized carbons (Fsp3) is 0.312. The Hall–Kier alpha value is -1.22. The standard InChI is InChI=1S/C16H17N3OS4/c1-10-8-13(11(2)23-10)14(20)9-22-16-19-18-15(24-16)17-6-5-12-4-3-7-21-12/h3-4,7-8H,5-6,9H2,1-2H3,(H,17,18). The summed E-state index contributed by atoms with van der Waals surface area (Å²) in [6.07, 6.45) is 0.981. The van der Waals surface area contributed by atoms with Crippen molar-refractivity contribution in [1.82, 2.24) is 10.2 Å².